The lowest BCUT2D eigenvalue weighted by Gasteiger charge is -2.08. The maximum atomic E-state index is 11.7. The van der Waals surface area contributed by atoms with Crippen molar-refractivity contribution in [1.29, 1.82) is 0 Å². The fourth-order valence-corrected chi connectivity index (χ4v) is 2.81. The van der Waals surface area contributed by atoms with E-state index >= 15 is 0 Å². The molecule has 0 radical (unpaired) electrons. The zero-order valence-electron chi connectivity index (χ0n) is 13.2. The predicted molar refractivity (Wildman–Crippen MR) is 92.7 cm³/mol. The second-order valence-electron chi connectivity index (χ2n) is 5.13. The zero-order valence-corrected chi connectivity index (χ0v) is 14.0. The smallest absolute Gasteiger partial charge is 0.316 e. The fourth-order valence-electron chi connectivity index (χ4n) is 2.00. The van der Waals surface area contributed by atoms with Crippen molar-refractivity contribution in [2.75, 3.05) is 17.7 Å². The van der Waals surface area contributed by atoms with Gasteiger partial charge in [-0.05, 0) is 37.6 Å². The van der Waals surface area contributed by atoms with Crippen LogP contribution < -0.4 is 5.32 Å². The van der Waals surface area contributed by atoms with Crippen molar-refractivity contribution in [3.8, 4) is 0 Å². The SMILES string of the molecule is Cc1ccc(SCC(=O)OCC(=O)Nc2ccccc2)c(C)c1. The van der Waals surface area contributed by atoms with Crippen LogP contribution in [0.2, 0.25) is 0 Å². The number of nitrogens with one attached hydrogen (secondary N) is 1. The number of rotatable bonds is 6. The summed E-state index contributed by atoms with van der Waals surface area (Å²) in [5, 5.41) is 2.66. The summed E-state index contributed by atoms with van der Waals surface area (Å²) in [7, 11) is 0. The van der Waals surface area contributed by atoms with Crippen molar-refractivity contribution in [1.82, 2.24) is 0 Å². The first kappa shape index (κ1) is 17.1. The molecule has 0 saturated heterocycles. The molecular weight excluding hydrogens is 310 g/mol. The summed E-state index contributed by atoms with van der Waals surface area (Å²) >= 11 is 1.41. The summed E-state index contributed by atoms with van der Waals surface area (Å²) in [5.74, 6) is -0.568. The highest BCUT2D eigenvalue weighted by Crippen LogP contribution is 2.23. The molecule has 5 heteroatoms. The minimum Gasteiger partial charge on any atom is -0.455 e. The highest BCUT2D eigenvalue weighted by molar-refractivity contribution is 8.00. The molecule has 0 unspecified atom stereocenters. The van der Waals surface area contributed by atoms with Gasteiger partial charge in [0.15, 0.2) is 6.61 Å². The molecular formula is C18H19NO3S. The van der Waals surface area contributed by atoms with E-state index in [1.807, 2.05) is 44.2 Å². The van der Waals surface area contributed by atoms with E-state index in [9.17, 15) is 9.59 Å². The minimum atomic E-state index is -0.404. The standard InChI is InChI=1S/C18H19NO3S/c1-13-8-9-16(14(2)10-13)23-12-18(21)22-11-17(20)19-15-6-4-3-5-7-15/h3-10H,11-12H2,1-2H3,(H,19,20). The average molecular weight is 329 g/mol. The molecule has 0 fully saturated rings. The molecule has 0 atom stereocenters. The van der Waals surface area contributed by atoms with Gasteiger partial charge in [-0.1, -0.05) is 35.9 Å². The van der Waals surface area contributed by atoms with E-state index in [1.54, 1.807) is 12.1 Å². The van der Waals surface area contributed by atoms with Crippen molar-refractivity contribution in [2.24, 2.45) is 0 Å². The molecule has 2 rings (SSSR count). The molecule has 0 aromatic heterocycles. The molecule has 0 spiro atoms. The maximum absolute atomic E-state index is 11.7. The molecule has 0 bridgehead atoms. The Kier molecular flexibility index (Phi) is 6.23. The van der Waals surface area contributed by atoms with Gasteiger partial charge in [0.2, 0.25) is 0 Å². The van der Waals surface area contributed by atoms with Crippen LogP contribution in [0.25, 0.3) is 0 Å². The Morgan fingerprint density at radius 1 is 1.09 bits per heavy atom. The molecule has 23 heavy (non-hydrogen) atoms. The van der Waals surface area contributed by atoms with E-state index < -0.39 is 5.97 Å². The van der Waals surface area contributed by atoms with Gasteiger partial charge < -0.3 is 10.1 Å². The van der Waals surface area contributed by atoms with Crippen LogP contribution in [0.1, 0.15) is 11.1 Å². The van der Waals surface area contributed by atoms with E-state index in [1.165, 1.54) is 17.3 Å². The first-order chi connectivity index (χ1) is 11.0. The fraction of sp³-hybridized carbons (Fsp3) is 0.222. The van der Waals surface area contributed by atoms with E-state index in [2.05, 4.69) is 11.4 Å². The Morgan fingerprint density at radius 2 is 1.83 bits per heavy atom. The number of thioether (sulfide) groups is 1. The largest absolute Gasteiger partial charge is 0.455 e. The van der Waals surface area contributed by atoms with Crippen LogP contribution in [-0.4, -0.2) is 24.2 Å². The highest BCUT2D eigenvalue weighted by Gasteiger charge is 2.09. The summed E-state index contributed by atoms with van der Waals surface area (Å²) in [6.45, 7) is 3.76. The van der Waals surface area contributed by atoms with Gasteiger partial charge >= 0.3 is 5.97 Å². The Morgan fingerprint density at radius 3 is 2.52 bits per heavy atom. The van der Waals surface area contributed by atoms with Crippen molar-refractivity contribution in [2.45, 2.75) is 18.7 Å². The molecule has 0 aliphatic heterocycles. The number of esters is 1. The lowest BCUT2D eigenvalue weighted by molar-refractivity contribution is -0.144. The Hall–Kier alpha value is -2.27. The number of para-hydroxylation sites is 1. The quantitative estimate of drug-likeness (QED) is 0.650. The third-order valence-corrected chi connectivity index (χ3v) is 4.25. The Labute approximate surface area is 140 Å². The van der Waals surface area contributed by atoms with Crippen LogP contribution in [0, 0.1) is 13.8 Å². The zero-order chi connectivity index (χ0) is 16.7. The normalized spacial score (nSPS) is 10.2. The van der Waals surface area contributed by atoms with Crippen LogP contribution in [0.4, 0.5) is 5.69 Å². The van der Waals surface area contributed by atoms with Gasteiger partial charge in [-0.15, -0.1) is 11.8 Å². The number of hydrogen-bond donors (Lipinski definition) is 1. The molecule has 4 nitrogen and oxygen atoms in total. The van der Waals surface area contributed by atoms with E-state index in [0.29, 0.717) is 5.69 Å². The van der Waals surface area contributed by atoms with Crippen molar-refractivity contribution in [3.05, 3.63) is 59.7 Å². The molecule has 0 aliphatic carbocycles. The number of ether oxygens (including phenoxy) is 1. The second-order valence-corrected chi connectivity index (χ2v) is 6.15. The molecule has 2 aromatic rings. The number of benzene rings is 2. The molecule has 0 heterocycles. The number of anilines is 1. The van der Waals surface area contributed by atoms with Crippen molar-refractivity contribution in [3.63, 3.8) is 0 Å². The van der Waals surface area contributed by atoms with Crippen LogP contribution in [0.15, 0.2) is 53.4 Å². The van der Waals surface area contributed by atoms with Gasteiger partial charge in [-0.3, -0.25) is 9.59 Å². The third kappa shape index (κ3) is 5.79. The third-order valence-electron chi connectivity index (χ3n) is 3.10. The molecule has 1 N–H and O–H groups in total. The van der Waals surface area contributed by atoms with E-state index in [0.717, 1.165) is 10.5 Å². The van der Waals surface area contributed by atoms with Gasteiger partial charge in [0.25, 0.3) is 5.91 Å². The Balaban J connectivity index is 1.73. The number of carbonyl (C=O) groups is 2. The summed E-state index contributed by atoms with van der Waals surface area (Å²) in [5.41, 5.74) is 3.00. The van der Waals surface area contributed by atoms with Crippen LogP contribution in [-0.2, 0) is 14.3 Å². The lowest BCUT2D eigenvalue weighted by atomic mass is 10.2. The van der Waals surface area contributed by atoms with Crippen molar-refractivity contribution >= 4 is 29.3 Å². The number of carbonyl (C=O) groups excluding carboxylic acids is 2. The lowest BCUT2D eigenvalue weighted by Crippen LogP contribution is -2.21. The minimum absolute atomic E-state index is 0.183. The number of hydrogen-bond acceptors (Lipinski definition) is 4. The second kappa shape index (κ2) is 8.39. The average Bonchev–Trinajstić information content (AvgIpc) is 2.53. The predicted octanol–water partition coefficient (Wildman–Crippen LogP) is 3.58. The molecule has 0 aliphatic rings. The van der Waals surface area contributed by atoms with Gasteiger partial charge in [0.1, 0.15) is 0 Å². The van der Waals surface area contributed by atoms with Crippen LogP contribution in [0.3, 0.4) is 0 Å². The number of aryl methyl sites for hydroxylation is 2. The Bertz CT molecular complexity index is 686. The summed E-state index contributed by atoms with van der Waals surface area (Å²) in [6, 6.07) is 15.1. The monoisotopic (exact) mass is 329 g/mol. The van der Waals surface area contributed by atoms with Gasteiger partial charge in [-0.2, -0.15) is 0 Å². The summed E-state index contributed by atoms with van der Waals surface area (Å²) in [4.78, 5) is 24.5. The number of amides is 1. The molecule has 2 aromatic carbocycles. The highest BCUT2D eigenvalue weighted by atomic mass is 32.2. The van der Waals surface area contributed by atoms with Crippen molar-refractivity contribution < 1.29 is 14.3 Å². The van der Waals surface area contributed by atoms with E-state index in [-0.39, 0.29) is 18.3 Å². The van der Waals surface area contributed by atoms with Gasteiger partial charge in [-0.25, -0.2) is 0 Å². The van der Waals surface area contributed by atoms with Crippen LogP contribution >= 0.6 is 11.8 Å². The summed E-state index contributed by atoms with van der Waals surface area (Å²) < 4.78 is 4.99. The van der Waals surface area contributed by atoms with Crippen LogP contribution in [0.5, 0.6) is 0 Å². The topological polar surface area (TPSA) is 55.4 Å². The molecule has 0 saturated carbocycles. The molecule has 120 valence electrons. The summed E-state index contributed by atoms with van der Waals surface area (Å²) in [6.07, 6.45) is 0. The van der Waals surface area contributed by atoms with E-state index in [4.69, 9.17) is 4.74 Å². The first-order valence-electron chi connectivity index (χ1n) is 7.25. The molecule has 1 amide bonds. The first-order valence-corrected chi connectivity index (χ1v) is 8.24. The maximum Gasteiger partial charge on any atom is 0.316 e. The van der Waals surface area contributed by atoms with Gasteiger partial charge in [0.05, 0.1) is 5.75 Å². The van der Waals surface area contributed by atoms with Gasteiger partial charge in [0, 0.05) is 10.6 Å².